The number of hydrogen-bond donors (Lipinski definition) is 2. The topological polar surface area (TPSA) is 61.4 Å². The molecule has 0 aromatic carbocycles. The van der Waals surface area contributed by atoms with Gasteiger partial charge in [0.2, 0.25) is 11.8 Å². The second kappa shape index (κ2) is 7.18. The fourth-order valence-electron chi connectivity index (χ4n) is 3.21. The smallest absolute Gasteiger partial charge is 0.246 e. The highest BCUT2D eigenvalue weighted by molar-refractivity contribution is 6.00. The van der Waals surface area contributed by atoms with Gasteiger partial charge in [0.25, 0.3) is 0 Å². The Balaban J connectivity index is 1.80. The van der Waals surface area contributed by atoms with Gasteiger partial charge in [-0.05, 0) is 39.2 Å². The molecule has 20 heavy (non-hydrogen) atoms. The molecule has 114 valence electrons. The van der Waals surface area contributed by atoms with Crippen LogP contribution in [0.5, 0.6) is 0 Å². The Kier molecular flexibility index (Phi) is 5.54. The molecule has 3 atom stereocenters. The molecule has 2 N–H and O–H groups in total. The minimum atomic E-state index is -0.196. The molecule has 2 heterocycles. The van der Waals surface area contributed by atoms with Crippen LogP contribution in [0.3, 0.4) is 0 Å². The molecule has 0 spiro atoms. The highest BCUT2D eigenvalue weighted by Gasteiger charge is 2.32. The number of likely N-dealkylation sites (tertiary alicyclic amines) is 1. The number of amides is 2. The van der Waals surface area contributed by atoms with Crippen molar-refractivity contribution in [1.82, 2.24) is 15.5 Å². The van der Waals surface area contributed by atoms with Crippen LogP contribution in [0.25, 0.3) is 0 Å². The average Bonchev–Trinajstić information content (AvgIpc) is 2.68. The standard InChI is InChI=1S/C15H27N3O2/c1-11(10-12-6-4-3-5-9-16-12)17-13-7-8-14(19)18(2)15(13)20/h11-13,16-17H,3-10H2,1-2H3. The molecule has 0 aromatic heterocycles. The first-order chi connectivity index (χ1) is 9.58. The molecule has 5 heteroatoms. The third-order valence-corrected chi connectivity index (χ3v) is 4.44. The SMILES string of the molecule is CC(CC1CCCCCN1)NC1CCC(=O)N(C)C1=O. The molecule has 2 saturated heterocycles. The van der Waals surface area contributed by atoms with Gasteiger partial charge in [-0.25, -0.2) is 0 Å². The maximum atomic E-state index is 12.0. The summed E-state index contributed by atoms with van der Waals surface area (Å²) >= 11 is 0. The van der Waals surface area contributed by atoms with Crippen LogP contribution in [0.15, 0.2) is 0 Å². The third kappa shape index (κ3) is 4.03. The van der Waals surface area contributed by atoms with Gasteiger partial charge >= 0.3 is 0 Å². The van der Waals surface area contributed by atoms with Gasteiger partial charge in [-0.2, -0.15) is 0 Å². The lowest BCUT2D eigenvalue weighted by atomic mass is 10.00. The van der Waals surface area contributed by atoms with E-state index in [9.17, 15) is 9.59 Å². The summed E-state index contributed by atoms with van der Waals surface area (Å²) < 4.78 is 0. The Bertz CT molecular complexity index is 351. The van der Waals surface area contributed by atoms with Crippen molar-refractivity contribution < 1.29 is 9.59 Å². The van der Waals surface area contributed by atoms with Gasteiger partial charge in [0, 0.05) is 25.6 Å². The first-order valence-electron chi connectivity index (χ1n) is 7.87. The summed E-state index contributed by atoms with van der Waals surface area (Å²) in [7, 11) is 1.58. The number of carbonyl (C=O) groups is 2. The van der Waals surface area contributed by atoms with E-state index in [0.29, 0.717) is 24.9 Å². The Labute approximate surface area is 121 Å². The van der Waals surface area contributed by atoms with Gasteiger partial charge < -0.3 is 10.6 Å². The number of nitrogens with one attached hydrogen (secondary N) is 2. The predicted molar refractivity (Wildman–Crippen MR) is 78.3 cm³/mol. The Morgan fingerprint density at radius 1 is 1.30 bits per heavy atom. The zero-order chi connectivity index (χ0) is 14.5. The lowest BCUT2D eigenvalue weighted by molar-refractivity contribution is -0.148. The second-order valence-corrected chi connectivity index (χ2v) is 6.19. The van der Waals surface area contributed by atoms with Crippen molar-refractivity contribution in [3.8, 4) is 0 Å². The summed E-state index contributed by atoms with van der Waals surface area (Å²) in [4.78, 5) is 24.8. The Morgan fingerprint density at radius 3 is 2.90 bits per heavy atom. The monoisotopic (exact) mass is 281 g/mol. The van der Waals surface area contributed by atoms with Crippen LogP contribution in [0.2, 0.25) is 0 Å². The molecular weight excluding hydrogens is 254 g/mol. The molecule has 2 fully saturated rings. The zero-order valence-electron chi connectivity index (χ0n) is 12.7. The van der Waals surface area contributed by atoms with E-state index in [-0.39, 0.29) is 17.9 Å². The van der Waals surface area contributed by atoms with Crippen molar-refractivity contribution in [2.75, 3.05) is 13.6 Å². The van der Waals surface area contributed by atoms with Crippen LogP contribution in [-0.2, 0) is 9.59 Å². The van der Waals surface area contributed by atoms with Gasteiger partial charge in [0.15, 0.2) is 0 Å². The maximum Gasteiger partial charge on any atom is 0.246 e. The van der Waals surface area contributed by atoms with Crippen molar-refractivity contribution in [2.24, 2.45) is 0 Å². The van der Waals surface area contributed by atoms with Crippen LogP contribution < -0.4 is 10.6 Å². The summed E-state index contributed by atoms with van der Waals surface area (Å²) in [6, 6.07) is 0.651. The minimum absolute atomic E-state index is 0.0638. The number of hydrogen-bond acceptors (Lipinski definition) is 4. The first kappa shape index (κ1) is 15.4. The zero-order valence-corrected chi connectivity index (χ0v) is 12.7. The highest BCUT2D eigenvalue weighted by atomic mass is 16.2. The van der Waals surface area contributed by atoms with E-state index in [0.717, 1.165) is 13.0 Å². The molecule has 3 unspecified atom stereocenters. The first-order valence-corrected chi connectivity index (χ1v) is 7.87. The van der Waals surface area contributed by atoms with Crippen LogP contribution in [0.4, 0.5) is 0 Å². The third-order valence-electron chi connectivity index (χ3n) is 4.44. The summed E-state index contributed by atoms with van der Waals surface area (Å²) in [5.41, 5.74) is 0. The van der Waals surface area contributed by atoms with E-state index in [1.165, 1.54) is 30.6 Å². The molecule has 5 nitrogen and oxygen atoms in total. The molecule has 0 bridgehead atoms. The minimum Gasteiger partial charge on any atom is -0.314 e. The fourth-order valence-corrected chi connectivity index (χ4v) is 3.21. The molecule has 0 saturated carbocycles. The molecule has 2 rings (SSSR count). The van der Waals surface area contributed by atoms with Gasteiger partial charge in [0.1, 0.15) is 0 Å². The summed E-state index contributed by atoms with van der Waals surface area (Å²) in [6.07, 6.45) is 7.25. The van der Waals surface area contributed by atoms with Crippen LogP contribution >= 0.6 is 0 Å². The number of piperidine rings is 1. The van der Waals surface area contributed by atoms with Crippen LogP contribution in [-0.4, -0.2) is 48.4 Å². The molecule has 2 amide bonds. The molecular formula is C15H27N3O2. The van der Waals surface area contributed by atoms with E-state index >= 15 is 0 Å². The quantitative estimate of drug-likeness (QED) is 0.756. The number of rotatable bonds is 4. The normalized spacial score (nSPS) is 30.2. The maximum absolute atomic E-state index is 12.0. The van der Waals surface area contributed by atoms with E-state index in [1.807, 2.05) is 0 Å². The van der Waals surface area contributed by atoms with E-state index < -0.39 is 0 Å². The lowest BCUT2D eigenvalue weighted by Gasteiger charge is -2.31. The van der Waals surface area contributed by atoms with Crippen molar-refractivity contribution in [3.05, 3.63) is 0 Å². The number of likely N-dealkylation sites (N-methyl/N-ethyl adjacent to an activating group) is 1. The fraction of sp³-hybridized carbons (Fsp3) is 0.867. The summed E-state index contributed by atoms with van der Waals surface area (Å²) in [5.74, 6) is -0.145. The molecule has 2 aliphatic rings. The van der Waals surface area contributed by atoms with Gasteiger partial charge in [-0.15, -0.1) is 0 Å². The second-order valence-electron chi connectivity index (χ2n) is 6.19. The number of imide groups is 1. The van der Waals surface area contributed by atoms with Gasteiger partial charge in [-0.1, -0.05) is 12.8 Å². The number of nitrogens with zero attached hydrogens (tertiary/aromatic N) is 1. The Morgan fingerprint density at radius 2 is 2.10 bits per heavy atom. The largest absolute Gasteiger partial charge is 0.314 e. The van der Waals surface area contributed by atoms with E-state index in [4.69, 9.17) is 0 Å². The van der Waals surface area contributed by atoms with Crippen molar-refractivity contribution >= 4 is 11.8 Å². The molecule has 2 aliphatic heterocycles. The lowest BCUT2D eigenvalue weighted by Crippen LogP contribution is -2.54. The van der Waals surface area contributed by atoms with Crippen molar-refractivity contribution in [3.63, 3.8) is 0 Å². The van der Waals surface area contributed by atoms with E-state index in [1.54, 1.807) is 7.05 Å². The van der Waals surface area contributed by atoms with Crippen LogP contribution in [0.1, 0.15) is 51.9 Å². The van der Waals surface area contributed by atoms with Gasteiger partial charge in [-0.3, -0.25) is 14.5 Å². The number of carbonyl (C=O) groups excluding carboxylic acids is 2. The average molecular weight is 281 g/mol. The van der Waals surface area contributed by atoms with Gasteiger partial charge in [0.05, 0.1) is 6.04 Å². The van der Waals surface area contributed by atoms with Crippen LogP contribution in [0, 0.1) is 0 Å². The predicted octanol–water partition coefficient (Wildman–Crippen LogP) is 1.03. The Hall–Kier alpha value is -0.940. The highest BCUT2D eigenvalue weighted by Crippen LogP contribution is 2.15. The van der Waals surface area contributed by atoms with Crippen molar-refractivity contribution in [1.29, 1.82) is 0 Å². The molecule has 0 aliphatic carbocycles. The molecule has 0 aromatic rings. The van der Waals surface area contributed by atoms with Crippen molar-refractivity contribution in [2.45, 2.75) is 70.0 Å². The summed E-state index contributed by atoms with van der Waals surface area (Å²) in [6.45, 7) is 3.24. The summed E-state index contributed by atoms with van der Waals surface area (Å²) in [5, 5.41) is 6.99. The molecule has 0 radical (unpaired) electrons. The van der Waals surface area contributed by atoms with E-state index in [2.05, 4.69) is 17.6 Å².